The van der Waals surface area contributed by atoms with E-state index in [9.17, 15) is 4.79 Å². The molecule has 2 aliphatic heterocycles. The standard InChI is InChI=1S/C12H19N3O2/c1-2-10(9-13)14-4-6-15(7-5-14)11-3-8-17-12(11)16/h10-11H,2-8H2,1H3. The third kappa shape index (κ3) is 2.59. The lowest BCUT2D eigenvalue weighted by Gasteiger charge is -2.38. The molecule has 17 heavy (non-hydrogen) atoms. The van der Waals surface area contributed by atoms with Crippen LogP contribution in [0.1, 0.15) is 19.8 Å². The highest BCUT2D eigenvalue weighted by Gasteiger charge is 2.34. The summed E-state index contributed by atoms with van der Waals surface area (Å²) in [5.41, 5.74) is 0. The summed E-state index contributed by atoms with van der Waals surface area (Å²) in [6.07, 6.45) is 1.68. The lowest BCUT2D eigenvalue weighted by molar-refractivity contribution is -0.142. The largest absolute Gasteiger partial charge is 0.464 e. The lowest BCUT2D eigenvalue weighted by atomic mass is 10.1. The third-order valence-corrected chi connectivity index (χ3v) is 3.67. The highest BCUT2D eigenvalue weighted by Crippen LogP contribution is 2.17. The molecule has 0 N–H and O–H groups in total. The number of ether oxygens (including phenoxy) is 1. The Morgan fingerprint density at radius 3 is 2.65 bits per heavy atom. The Labute approximate surface area is 102 Å². The first-order valence-electron chi connectivity index (χ1n) is 6.30. The Balaban J connectivity index is 1.86. The topological polar surface area (TPSA) is 56.6 Å². The molecule has 0 bridgehead atoms. The zero-order chi connectivity index (χ0) is 12.3. The number of piperazine rings is 1. The van der Waals surface area contributed by atoms with Gasteiger partial charge in [-0.15, -0.1) is 0 Å². The van der Waals surface area contributed by atoms with Crippen LogP contribution in [0.2, 0.25) is 0 Å². The maximum Gasteiger partial charge on any atom is 0.323 e. The minimum absolute atomic E-state index is 0.0210. The Bertz CT molecular complexity index is 318. The predicted octanol–water partition coefficient (Wildman–Crippen LogP) is 0.222. The zero-order valence-corrected chi connectivity index (χ0v) is 10.3. The predicted molar refractivity (Wildman–Crippen MR) is 62.2 cm³/mol. The number of hydrogen-bond donors (Lipinski definition) is 0. The summed E-state index contributed by atoms with van der Waals surface area (Å²) in [6.45, 7) is 6.05. The maximum absolute atomic E-state index is 11.5. The van der Waals surface area contributed by atoms with Crippen LogP contribution in [-0.2, 0) is 9.53 Å². The summed E-state index contributed by atoms with van der Waals surface area (Å²) in [6, 6.07) is 2.31. The number of cyclic esters (lactones) is 1. The van der Waals surface area contributed by atoms with E-state index in [0.29, 0.717) is 6.61 Å². The van der Waals surface area contributed by atoms with Crippen LogP contribution in [-0.4, -0.2) is 60.6 Å². The Morgan fingerprint density at radius 2 is 2.18 bits per heavy atom. The monoisotopic (exact) mass is 237 g/mol. The molecule has 5 nitrogen and oxygen atoms in total. The number of esters is 1. The van der Waals surface area contributed by atoms with Gasteiger partial charge in [-0.05, 0) is 6.42 Å². The van der Waals surface area contributed by atoms with Crippen molar-refractivity contribution in [1.82, 2.24) is 9.80 Å². The second-order valence-corrected chi connectivity index (χ2v) is 4.60. The van der Waals surface area contributed by atoms with Crippen molar-refractivity contribution in [3.63, 3.8) is 0 Å². The van der Waals surface area contributed by atoms with Gasteiger partial charge in [0.2, 0.25) is 0 Å². The molecule has 0 amide bonds. The van der Waals surface area contributed by atoms with Crippen molar-refractivity contribution in [2.75, 3.05) is 32.8 Å². The summed E-state index contributed by atoms with van der Waals surface area (Å²) in [4.78, 5) is 15.9. The molecule has 2 heterocycles. The molecule has 0 aromatic rings. The van der Waals surface area contributed by atoms with Gasteiger partial charge >= 0.3 is 5.97 Å². The van der Waals surface area contributed by atoms with E-state index >= 15 is 0 Å². The molecule has 2 atom stereocenters. The second kappa shape index (κ2) is 5.48. The van der Waals surface area contributed by atoms with Crippen molar-refractivity contribution in [3.05, 3.63) is 0 Å². The van der Waals surface area contributed by atoms with Gasteiger partial charge in [0.1, 0.15) is 6.04 Å². The molecular weight excluding hydrogens is 218 g/mol. The summed E-state index contributed by atoms with van der Waals surface area (Å²) < 4.78 is 4.99. The van der Waals surface area contributed by atoms with E-state index in [1.165, 1.54) is 0 Å². The minimum atomic E-state index is -0.0780. The van der Waals surface area contributed by atoms with Crippen LogP contribution in [0, 0.1) is 11.3 Å². The zero-order valence-electron chi connectivity index (χ0n) is 10.3. The second-order valence-electron chi connectivity index (χ2n) is 4.60. The molecule has 0 radical (unpaired) electrons. The lowest BCUT2D eigenvalue weighted by Crippen LogP contribution is -2.53. The van der Waals surface area contributed by atoms with Gasteiger partial charge in [-0.1, -0.05) is 6.92 Å². The molecule has 2 aliphatic rings. The number of nitriles is 1. The molecule has 2 saturated heterocycles. The van der Waals surface area contributed by atoms with Crippen molar-refractivity contribution < 1.29 is 9.53 Å². The van der Waals surface area contributed by atoms with Crippen LogP contribution < -0.4 is 0 Å². The molecule has 2 unspecified atom stereocenters. The molecular formula is C12H19N3O2. The number of carbonyl (C=O) groups excluding carboxylic acids is 1. The Morgan fingerprint density at radius 1 is 1.47 bits per heavy atom. The van der Waals surface area contributed by atoms with Crippen molar-refractivity contribution in [3.8, 4) is 6.07 Å². The fraction of sp³-hybridized carbons (Fsp3) is 0.833. The van der Waals surface area contributed by atoms with Crippen LogP contribution in [0.5, 0.6) is 0 Å². The molecule has 94 valence electrons. The number of rotatable bonds is 3. The highest BCUT2D eigenvalue weighted by molar-refractivity contribution is 5.77. The fourth-order valence-corrected chi connectivity index (χ4v) is 2.61. The molecule has 0 spiro atoms. The van der Waals surface area contributed by atoms with Crippen LogP contribution in [0.3, 0.4) is 0 Å². The first-order chi connectivity index (χ1) is 8.26. The molecule has 2 rings (SSSR count). The average Bonchev–Trinajstić information content (AvgIpc) is 2.78. The number of hydrogen-bond acceptors (Lipinski definition) is 5. The average molecular weight is 237 g/mol. The van der Waals surface area contributed by atoms with E-state index in [1.54, 1.807) is 0 Å². The Kier molecular flexibility index (Phi) is 3.97. The van der Waals surface area contributed by atoms with Gasteiger partial charge in [0, 0.05) is 32.6 Å². The van der Waals surface area contributed by atoms with Gasteiger partial charge in [0.05, 0.1) is 18.7 Å². The third-order valence-electron chi connectivity index (χ3n) is 3.67. The molecule has 5 heteroatoms. The fourth-order valence-electron chi connectivity index (χ4n) is 2.61. The molecule has 0 saturated carbocycles. The van der Waals surface area contributed by atoms with E-state index < -0.39 is 0 Å². The van der Waals surface area contributed by atoms with Gasteiger partial charge in [-0.2, -0.15) is 5.26 Å². The van der Waals surface area contributed by atoms with E-state index in [1.807, 2.05) is 6.92 Å². The summed E-state index contributed by atoms with van der Waals surface area (Å²) in [5.74, 6) is -0.0780. The van der Waals surface area contributed by atoms with Gasteiger partial charge in [0.25, 0.3) is 0 Å². The minimum Gasteiger partial charge on any atom is -0.464 e. The van der Waals surface area contributed by atoms with Gasteiger partial charge in [0.15, 0.2) is 0 Å². The SMILES string of the molecule is CCC(C#N)N1CCN(C2CCOC2=O)CC1. The quantitative estimate of drug-likeness (QED) is 0.657. The van der Waals surface area contributed by atoms with Crippen molar-refractivity contribution in [2.45, 2.75) is 31.8 Å². The number of nitrogens with zero attached hydrogens (tertiary/aromatic N) is 3. The van der Waals surface area contributed by atoms with Crippen LogP contribution in [0.4, 0.5) is 0 Å². The summed E-state index contributed by atoms with van der Waals surface area (Å²) in [5, 5.41) is 9.02. The van der Waals surface area contributed by atoms with Gasteiger partial charge in [-0.3, -0.25) is 14.6 Å². The first-order valence-corrected chi connectivity index (χ1v) is 6.30. The number of carbonyl (C=O) groups is 1. The van der Waals surface area contributed by atoms with Gasteiger partial charge < -0.3 is 4.74 Å². The highest BCUT2D eigenvalue weighted by atomic mass is 16.5. The van der Waals surface area contributed by atoms with E-state index in [4.69, 9.17) is 10.00 Å². The van der Waals surface area contributed by atoms with E-state index in [2.05, 4.69) is 15.9 Å². The van der Waals surface area contributed by atoms with E-state index in [-0.39, 0.29) is 18.1 Å². The van der Waals surface area contributed by atoms with Gasteiger partial charge in [-0.25, -0.2) is 0 Å². The smallest absolute Gasteiger partial charge is 0.323 e. The molecule has 2 fully saturated rings. The van der Waals surface area contributed by atoms with Crippen molar-refractivity contribution in [1.29, 1.82) is 5.26 Å². The van der Waals surface area contributed by atoms with Crippen LogP contribution in [0.15, 0.2) is 0 Å². The van der Waals surface area contributed by atoms with Crippen molar-refractivity contribution in [2.24, 2.45) is 0 Å². The first kappa shape index (κ1) is 12.3. The normalized spacial score (nSPS) is 28.7. The molecule has 0 aliphatic carbocycles. The van der Waals surface area contributed by atoms with Crippen LogP contribution in [0.25, 0.3) is 0 Å². The maximum atomic E-state index is 11.5. The van der Waals surface area contributed by atoms with E-state index in [0.717, 1.165) is 39.0 Å². The van der Waals surface area contributed by atoms with Crippen molar-refractivity contribution >= 4 is 5.97 Å². The van der Waals surface area contributed by atoms with Crippen LogP contribution >= 0.6 is 0 Å². The Hall–Kier alpha value is -1.12. The summed E-state index contributed by atoms with van der Waals surface area (Å²) >= 11 is 0. The summed E-state index contributed by atoms with van der Waals surface area (Å²) in [7, 11) is 0. The molecule has 0 aromatic carbocycles. The molecule has 0 aromatic heterocycles.